The number of benzene rings is 1. The Morgan fingerprint density at radius 2 is 1.86 bits per heavy atom. The molecule has 1 heterocycles. The van der Waals surface area contributed by atoms with Crippen molar-refractivity contribution in [2.24, 2.45) is 0 Å². The Bertz CT molecular complexity index is 432. The summed E-state index contributed by atoms with van der Waals surface area (Å²) in [5.41, 5.74) is 5.13. The molecule has 2 aromatic rings. The molecule has 2 heteroatoms. The number of hydrogen-bond acceptors (Lipinski definition) is 2. The van der Waals surface area contributed by atoms with Gasteiger partial charge in [-0.25, -0.2) is 0 Å². The zero-order valence-electron chi connectivity index (χ0n) is 7.77. The lowest BCUT2D eigenvalue weighted by Crippen LogP contribution is -2.06. The maximum atomic E-state index is 4.17. The molecule has 0 amide bonds. The Morgan fingerprint density at radius 3 is 2.86 bits per heavy atom. The molecule has 1 aliphatic rings. The van der Waals surface area contributed by atoms with E-state index in [4.69, 9.17) is 0 Å². The number of nitrogens with zero attached hydrogens (tertiary/aromatic N) is 2. The minimum absolute atomic E-state index is 1.01. The Hall–Kier alpha value is -1.70. The predicted molar refractivity (Wildman–Crippen MR) is 54.9 cm³/mol. The van der Waals surface area contributed by atoms with Gasteiger partial charge >= 0.3 is 0 Å². The summed E-state index contributed by atoms with van der Waals surface area (Å²) in [4.78, 5) is 0. The van der Waals surface area contributed by atoms with E-state index in [1.54, 1.807) is 6.20 Å². The SMILES string of the molecule is c1ccc2c(c1)CCc1nnccc1-2. The average Bonchev–Trinajstić information content (AvgIpc) is 2.29. The minimum atomic E-state index is 1.01. The summed E-state index contributed by atoms with van der Waals surface area (Å²) in [5.74, 6) is 0. The van der Waals surface area contributed by atoms with Gasteiger partial charge in [0.25, 0.3) is 0 Å². The van der Waals surface area contributed by atoms with Gasteiger partial charge in [0.1, 0.15) is 0 Å². The van der Waals surface area contributed by atoms with Gasteiger partial charge in [-0.2, -0.15) is 10.2 Å². The van der Waals surface area contributed by atoms with E-state index >= 15 is 0 Å². The van der Waals surface area contributed by atoms with Gasteiger partial charge in [-0.05, 0) is 30.0 Å². The Morgan fingerprint density at radius 1 is 0.929 bits per heavy atom. The third-order valence-corrected chi connectivity index (χ3v) is 2.74. The first-order valence-electron chi connectivity index (χ1n) is 4.84. The first-order chi connectivity index (χ1) is 6.95. The van der Waals surface area contributed by atoms with Crippen LogP contribution in [-0.4, -0.2) is 10.2 Å². The summed E-state index contributed by atoms with van der Waals surface area (Å²) in [6.45, 7) is 0. The normalized spacial score (nSPS) is 13.1. The minimum Gasteiger partial charge on any atom is -0.159 e. The maximum absolute atomic E-state index is 4.17. The van der Waals surface area contributed by atoms with Gasteiger partial charge in [-0.3, -0.25) is 0 Å². The molecule has 0 unspecified atom stereocenters. The van der Waals surface area contributed by atoms with Gasteiger partial charge < -0.3 is 0 Å². The van der Waals surface area contributed by atoms with E-state index in [9.17, 15) is 0 Å². The summed E-state index contributed by atoms with van der Waals surface area (Å²) in [7, 11) is 0. The highest BCUT2D eigenvalue weighted by Crippen LogP contribution is 2.31. The van der Waals surface area contributed by atoms with Crippen LogP contribution in [0.25, 0.3) is 11.1 Å². The van der Waals surface area contributed by atoms with Gasteiger partial charge in [0, 0.05) is 5.56 Å². The number of hydrogen-bond donors (Lipinski definition) is 0. The molecular formula is C12H10N2. The Balaban J connectivity index is 2.29. The van der Waals surface area contributed by atoms with Gasteiger partial charge in [-0.15, -0.1) is 0 Å². The van der Waals surface area contributed by atoms with Crippen LogP contribution in [0.15, 0.2) is 36.5 Å². The van der Waals surface area contributed by atoms with E-state index in [2.05, 4.69) is 40.5 Å². The summed E-state index contributed by atoms with van der Waals surface area (Å²) >= 11 is 0. The van der Waals surface area contributed by atoms with Crippen molar-refractivity contribution >= 4 is 0 Å². The molecule has 0 N–H and O–H groups in total. The highest BCUT2D eigenvalue weighted by molar-refractivity contribution is 5.71. The summed E-state index contributed by atoms with van der Waals surface area (Å²) in [6.07, 6.45) is 3.86. The van der Waals surface area contributed by atoms with Crippen molar-refractivity contribution in [2.75, 3.05) is 0 Å². The number of aromatic nitrogens is 2. The third kappa shape index (κ3) is 1.04. The fourth-order valence-electron chi connectivity index (χ4n) is 2.04. The van der Waals surface area contributed by atoms with Gasteiger partial charge in [0.05, 0.1) is 11.9 Å². The van der Waals surface area contributed by atoms with Gasteiger partial charge in [0.2, 0.25) is 0 Å². The summed E-state index contributed by atoms with van der Waals surface area (Å²) < 4.78 is 0. The van der Waals surface area contributed by atoms with Crippen molar-refractivity contribution in [3.05, 3.63) is 47.8 Å². The smallest absolute Gasteiger partial charge is 0.0712 e. The molecule has 0 saturated heterocycles. The molecule has 0 saturated carbocycles. The van der Waals surface area contributed by atoms with Crippen molar-refractivity contribution in [3.8, 4) is 11.1 Å². The van der Waals surface area contributed by atoms with Crippen LogP contribution in [0.4, 0.5) is 0 Å². The highest BCUT2D eigenvalue weighted by Gasteiger charge is 2.15. The van der Waals surface area contributed by atoms with Crippen LogP contribution in [0, 0.1) is 0 Å². The molecule has 0 atom stereocenters. The Labute approximate surface area is 82.6 Å². The molecule has 1 aromatic heterocycles. The molecule has 3 rings (SSSR count). The molecule has 14 heavy (non-hydrogen) atoms. The molecule has 2 nitrogen and oxygen atoms in total. The highest BCUT2D eigenvalue weighted by atomic mass is 15.1. The van der Waals surface area contributed by atoms with Crippen molar-refractivity contribution in [1.82, 2.24) is 10.2 Å². The van der Waals surface area contributed by atoms with E-state index < -0.39 is 0 Å². The van der Waals surface area contributed by atoms with E-state index in [1.807, 2.05) is 0 Å². The Kier molecular flexibility index (Phi) is 1.60. The molecule has 0 radical (unpaired) electrons. The van der Waals surface area contributed by atoms with Crippen LogP contribution < -0.4 is 0 Å². The van der Waals surface area contributed by atoms with E-state index in [0.717, 1.165) is 18.5 Å². The fourth-order valence-corrected chi connectivity index (χ4v) is 2.04. The van der Waals surface area contributed by atoms with Crippen LogP contribution >= 0.6 is 0 Å². The molecule has 1 aromatic carbocycles. The quantitative estimate of drug-likeness (QED) is 0.624. The number of aryl methyl sites for hydroxylation is 2. The fraction of sp³-hybridized carbons (Fsp3) is 0.167. The molecule has 0 fully saturated rings. The molecule has 68 valence electrons. The van der Waals surface area contributed by atoms with Gasteiger partial charge in [0.15, 0.2) is 0 Å². The standard InChI is InChI=1S/C12H10N2/c1-2-4-10-9(3-1)5-6-12-11(10)7-8-13-14-12/h1-4,7-8H,5-6H2. The van der Waals surface area contributed by atoms with Crippen molar-refractivity contribution in [1.29, 1.82) is 0 Å². The molecule has 0 aliphatic heterocycles. The second-order valence-electron chi connectivity index (χ2n) is 3.55. The summed E-state index contributed by atoms with van der Waals surface area (Å²) in [5, 5.41) is 8.09. The maximum Gasteiger partial charge on any atom is 0.0712 e. The number of fused-ring (bicyclic) bond motifs is 3. The van der Waals surface area contributed by atoms with E-state index in [0.29, 0.717) is 0 Å². The van der Waals surface area contributed by atoms with Crippen molar-refractivity contribution in [2.45, 2.75) is 12.8 Å². The van der Waals surface area contributed by atoms with Crippen molar-refractivity contribution in [3.63, 3.8) is 0 Å². The predicted octanol–water partition coefficient (Wildman–Crippen LogP) is 2.24. The largest absolute Gasteiger partial charge is 0.159 e. The van der Waals surface area contributed by atoms with Crippen LogP contribution in [0.1, 0.15) is 11.3 Å². The van der Waals surface area contributed by atoms with Crippen LogP contribution in [0.2, 0.25) is 0 Å². The topological polar surface area (TPSA) is 25.8 Å². The summed E-state index contributed by atoms with van der Waals surface area (Å²) in [6, 6.07) is 10.6. The second kappa shape index (κ2) is 2.91. The molecule has 0 bridgehead atoms. The lowest BCUT2D eigenvalue weighted by molar-refractivity contribution is 0.845. The first-order valence-corrected chi connectivity index (χ1v) is 4.84. The lowest BCUT2D eigenvalue weighted by atomic mass is 9.89. The lowest BCUT2D eigenvalue weighted by Gasteiger charge is -2.17. The van der Waals surface area contributed by atoms with E-state index in [1.165, 1.54) is 16.7 Å². The zero-order chi connectivity index (χ0) is 9.38. The van der Waals surface area contributed by atoms with E-state index in [-0.39, 0.29) is 0 Å². The zero-order valence-corrected chi connectivity index (χ0v) is 7.77. The molecular weight excluding hydrogens is 172 g/mol. The molecule has 1 aliphatic carbocycles. The van der Waals surface area contributed by atoms with Crippen LogP contribution in [0.5, 0.6) is 0 Å². The monoisotopic (exact) mass is 182 g/mol. The first kappa shape index (κ1) is 7.68. The van der Waals surface area contributed by atoms with Crippen LogP contribution in [-0.2, 0) is 12.8 Å². The third-order valence-electron chi connectivity index (χ3n) is 2.74. The molecule has 0 spiro atoms. The second-order valence-corrected chi connectivity index (χ2v) is 3.55. The van der Waals surface area contributed by atoms with Crippen molar-refractivity contribution < 1.29 is 0 Å². The average molecular weight is 182 g/mol. The number of rotatable bonds is 0. The van der Waals surface area contributed by atoms with Crippen LogP contribution in [0.3, 0.4) is 0 Å². The van der Waals surface area contributed by atoms with Gasteiger partial charge in [-0.1, -0.05) is 24.3 Å².